The molecule has 4 rings (SSSR count). The maximum Gasteiger partial charge on any atom is 0.176 e. The molecule has 248 valence electrons. The van der Waals surface area contributed by atoms with Crippen molar-refractivity contribution in [2.75, 3.05) is 13.1 Å². The van der Waals surface area contributed by atoms with Gasteiger partial charge in [0, 0.05) is 47.3 Å². The molecular formula is C40H48N2O5. The van der Waals surface area contributed by atoms with Crippen LogP contribution >= 0.6 is 0 Å². The fraction of sp³-hybridized carbons (Fsp3) is 0.350. The normalized spacial score (nSPS) is 12.1. The predicted molar refractivity (Wildman–Crippen MR) is 187 cm³/mol. The van der Waals surface area contributed by atoms with Crippen molar-refractivity contribution in [3.05, 3.63) is 130 Å². The van der Waals surface area contributed by atoms with E-state index in [1.54, 1.807) is 18.2 Å². The summed E-state index contributed by atoms with van der Waals surface area (Å²) in [7, 11) is 0. The van der Waals surface area contributed by atoms with Crippen molar-refractivity contribution in [3.63, 3.8) is 0 Å². The summed E-state index contributed by atoms with van der Waals surface area (Å²) in [5.41, 5.74) is 3.47. The van der Waals surface area contributed by atoms with E-state index in [2.05, 4.69) is 51.3 Å². The highest BCUT2D eigenvalue weighted by molar-refractivity contribution is 5.99. The number of carbonyl (C=O) groups is 2. The average molecular weight is 637 g/mol. The van der Waals surface area contributed by atoms with Crippen LogP contribution in [0.5, 0.6) is 11.5 Å². The number of aromatic hydroxyl groups is 2. The van der Waals surface area contributed by atoms with Gasteiger partial charge in [-0.05, 0) is 94.1 Å². The topological polar surface area (TPSA) is 101 Å². The summed E-state index contributed by atoms with van der Waals surface area (Å²) in [5, 5.41) is 31.9. The van der Waals surface area contributed by atoms with Gasteiger partial charge in [0.25, 0.3) is 0 Å². The molecule has 0 unspecified atom stereocenters. The maximum absolute atomic E-state index is 13.7. The molecule has 7 heteroatoms. The third kappa shape index (κ3) is 9.61. The number of ketones is 2. The van der Waals surface area contributed by atoms with Gasteiger partial charge in [0.2, 0.25) is 0 Å². The first-order valence-electron chi connectivity index (χ1n) is 16.1. The van der Waals surface area contributed by atoms with Crippen molar-refractivity contribution in [2.45, 2.75) is 78.7 Å². The Morgan fingerprint density at radius 1 is 0.596 bits per heavy atom. The van der Waals surface area contributed by atoms with Gasteiger partial charge in [-0.1, -0.05) is 60.7 Å². The van der Waals surface area contributed by atoms with E-state index in [1.165, 1.54) is 12.1 Å². The second-order valence-electron chi connectivity index (χ2n) is 14.2. The fourth-order valence-corrected chi connectivity index (χ4v) is 5.48. The monoisotopic (exact) mass is 636 g/mol. The van der Waals surface area contributed by atoms with E-state index in [9.17, 15) is 24.9 Å². The van der Waals surface area contributed by atoms with Crippen LogP contribution in [0.4, 0.5) is 0 Å². The van der Waals surface area contributed by atoms with Crippen LogP contribution in [0.3, 0.4) is 0 Å². The number of rotatable bonds is 13. The number of benzene rings is 4. The van der Waals surface area contributed by atoms with Gasteiger partial charge >= 0.3 is 0 Å². The molecule has 0 aromatic heterocycles. The zero-order chi connectivity index (χ0) is 34.4. The molecule has 0 saturated carbocycles. The smallest absolute Gasteiger partial charge is 0.176 e. The number of hydrogen-bond acceptors (Lipinski definition) is 7. The van der Waals surface area contributed by atoms with Crippen LogP contribution in [0, 0.1) is 0 Å². The third-order valence-corrected chi connectivity index (χ3v) is 8.54. The number of Topliss-reactive ketones (excluding diaryl/α,β-unsaturated/α-hetero) is 2. The van der Waals surface area contributed by atoms with E-state index in [4.69, 9.17) is 0 Å². The Hall–Kier alpha value is -4.30. The standard InChI is InChI=1S/C40H48N2O5/c1-39(2,3)41(23-28-13-9-7-10-14-28)25-36(45)30-17-18-35(44)31(19-30)20-33-21-32(22-34(27-43)38(33)47)37(46)26-42(40(4,5)6)24-29-15-11-8-12-16-29/h7-19,21-22,43-44,47H,20,23-27H2,1-6H3. The largest absolute Gasteiger partial charge is 0.508 e. The highest BCUT2D eigenvalue weighted by atomic mass is 16.3. The van der Waals surface area contributed by atoms with Crippen LogP contribution in [-0.4, -0.2) is 60.9 Å². The van der Waals surface area contributed by atoms with Gasteiger partial charge in [0.1, 0.15) is 11.5 Å². The molecule has 0 atom stereocenters. The number of aliphatic hydroxyl groups excluding tert-OH is 1. The van der Waals surface area contributed by atoms with Crippen LogP contribution < -0.4 is 0 Å². The molecule has 0 spiro atoms. The Kier molecular flexibility index (Phi) is 11.4. The van der Waals surface area contributed by atoms with Gasteiger partial charge in [-0.2, -0.15) is 0 Å². The molecular weight excluding hydrogens is 588 g/mol. The zero-order valence-electron chi connectivity index (χ0n) is 28.5. The van der Waals surface area contributed by atoms with Gasteiger partial charge in [-0.3, -0.25) is 19.4 Å². The minimum Gasteiger partial charge on any atom is -0.508 e. The lowest BCUT2D eigenvalue weighted by Gasteiger charge is -2.35. The van der Waals surface area contributed by atoms with Crippen molar-refractivity contribution in [3.8, 4) is 11.5 Å². The van der Waals surface area contributed by atoms with Crippen molar-refractivity contribution < 1.29 is 24.9 Å². The van der Waals surface area contributed by atoms with Gasteiger partial charge in [-0.25, -0.2) is 0 Å². The fourth-order valence-electron chi connectivity index (χ4n) is 5.48. The second-order valence-corrected chi connectivity index (χ2v) is 14.2. The third-order valence-electron chi connectivity index (χ3n) is 8.54. The molecule has 0 saturated heterocycles. The molecule has 4 aromatic rings. The number of carbonyl (C=O) groups excluding carboxylic acids is 2. The van der Waals surface area contributed by atoms with E-state index < -0.39 is 6.61 Å². The first kappa shape index (κ1) is 35.6. The summed E-state index contributed by atoms with van der Waals surface area (Å²) >= 11 is 0. The van der Waals surface area contributed by atoms with Gasteiger partial charge in [0.05, 0.1) is 19.7 Å². The highest BCUT2D eigenvalue weighted by Gasteiger charge is 2.27. The summed E-state index contributed by atoms with van der Waals surface area (Å²) in [6.07, 6.45) is 0.0624. The predicted octanol–water partition coefficient (Wildman–Crippen LogP) is 7.15. The molecule has 0 radical (unpaired) electrons. The van der Waals surface area contributed by atoms with Crippen LogP contribution in [0.2, 0.25) is 0 Å². The van der Waals surface area contributed by atoms with E-state index in [1.807, 2.05) is 60.7 Å². The van der Waals surface area contributed by atoms with E-state index in [0.29, 0.717) is 35.3 Å². The lowest BCUT2D eigenvalue weighted by molar-refractivity contribution is 0.0789. The zero-order valence-corrected chi connectivity index (χ0v) is 28.5. The quantitative estimate of drug-likeness (QED) is 0.134. The number of aliphatic hydroxyl groups is 1. The summed E-state index contributed by atoms with van der Waals surface area (Å²) < 4.78 is 0. The molecule has 47 heavy (non-hydrogen) atoms. The van der Waals surface area contributed by atoms with Gasteiger partial charge in [-0.15, -0.1) is 0 Å². The minimum atomic E-state index is -0.457. The molecule has 0 fully saturated rings. The van der Waals surface area contributed by atoms with Crippen LogP contribution in [0.25, 0.3) is 0 Å². The molecule has 0 bridgehead atoms. The number of phenols is 2. The van der Waals surface area contributed by atoms with E-state index >= 15 is 0 Å². The molecule has 7 nitrogen and oxygen atoms in total. The number of nitrogens with zero attached hydrogens (tertiary/aromatic N) is 2. The van der Waals surface area contributed by atoms with E-state index in [-0.39, 0.29) is 59.2 Å². The molecule has 0 aliphatic rings. The van der Waals surface area contributed by atoms with Crippen molar-refractivity contribution in [2.24, 2.45) is 0 Å². The molecule has 0 aliphatic carbocycles. The lowest BCUT2D eigenvalue weighted by Crippen LogP contribution is -2.43. The Morgan fingerprint density at radius 3 is 1.51 bits per heavy atom. The molecule has 3 N–H and O–H groups in total. The Morgan fingerprint density at radius 2 is 1.04 bits per heavy atom. The van der Waals surface area contributed by atoms with Gasteiger partial charge in [0.15, 0.2) is 11.6 Å². The summed E-state index contributed by atoms with van der Waals surface area (Å²) in [5.74, 6) is -0.413. The van der Waals surface area contributed by atoms with Crippen molar-refractivity contribution in [1.29, 1.82) is 0 Å². The SMILES string of the molecule is CC(C)(C)N(CC(=O)c1ccc(O)c(Cc2cc(C(=O)CN(Cc3ccccc3)C(C)(C)C)cc(CO)c2O)c1)Cc1ccccc1. The summed E-state index contributed by atoms with van der Waals surface area (Å²) in [6.45, 7) is 13.4. The molecule has 4 aromatic carbocycles. The second kappa shape index (κ2) is 15.1. The van der Waals surface area contributed by atoms with Gasteiger partial charge < -0.3 is 15.3 Å². The van der Waals surface area contributed by atoms with Crippen LogP contribution in [0.15, 0.2) is 91.0 Å². The Bertz CT molecular complexity index is 1670. The van der Waals surface area contributed by atoms with E-state index in [0.717, 1.165) is 11.1 Å². The summed E-state index contributed by atoms with van der Waals surface area (Å²) in [6, 6.07) is 27.9. The molecule has 0 heterocycles. The molecule has 0 aliphatic heterocycles. The maximum atomic E-state index is 13.7. The Labute approximate surface area is 279 Å². The van der Waals surface area contributed by atoms with Crippen molar-refractivity contribution >= 4 is 11.6 Å². The summed E-state index contributed by atoms with van der Waals surface area (Å²) in [4.78, 5) is 31.5. The first-order valence-corrected chi connectivity index (χ1v) is 16.1. The lowest BCUT2D eigenvalue weighted by atomic mass is 9.94. The number of hydrogen-bond donors (Lipinski definition) is 3. The minimum absolute atomic E-state index is 0.0260. The van der Waals surface area contributed by atoms with Crippen LogP contribution in [0.1, 0.15) is 90.1 Å². The highest BCUT2D eigenvalue weighted by Crippen LogP contribution is 2.31. The average Bonchev–Trinajstić information content (AvgIpc) is 3.02. The molecule has 0 amide bonds. The number of phenolic OH excluding ortho intramolecular Hbond substituents is 1. The van der Waals surface area contributed by atoms with Crippen molar-refractivity contribution in [1.82, 2.24) is 9.80 Å². The first-order chi connectivity index (χ1) is 22.2. The van der Waals surface area contributed by atoms with Crippen LogP contribution in [-0.2, 0) is 26.1 Å². The Balaban J connectivity index is 1.58.